The number of halogens is 2. The van der Waals surface area contributed by atoms with Gasteiger partial charge in [-0.2, -0.15) is 12.7 Å². The fraction of sp³-hybridized carbons (Fsp3) is 1.00. The standard InChI is InChI=1S/C2H5Cl2NO2S/c1-5(2-3)8(4,6)7/h2H2,1H3. The van der Waals surface area contributed by atoms with Crippen molar-refractivity contribution in [3.63, 3.8) is 0 Å². The average Bonchev–Trinajstić information content (AvgIpc) is 1.62. The summed E-state index contributed by atoms with van der Waals surface area (Å²) in [5.41, 5.74) is 0. The molecule has 0 aliphatic rings. The maximum absolute atomic E-state index is 10.2. The molecule has 6 heteroatoms. The quantitative estimate of drug-likeness (QED) is 0.352. The summed E-state index contributed by atoms with van der Waals surface area (Å²) < 4.78 is 21.2. The molecular weight excluding hydrogens is 173 g/mol. The van der Waals surface area contributed by atoms with Crippen molar-refractivity contribution in [1.29, 1.82) is 0 Å². The molecule has 0 saturated carbocycles. The highest BCUT2D eigenvalue weighted by Gasteiger charge is 2.10. The van der Waals surface area contributed by atoms with Crippen LogP contribution in [0.3, 0.4) is 0 Å². The van der Waals surface area contributed by atoms with E-state index in [1.165, 1.54) is 7.05 Å². The van der Waals surface area contributed by atoms with E-state index >= 15 is 0 Å². The van der Waals surface area contributed by atoms with Crippen LogP contribution in [-0.4, -0.2) is 25.8 Å². The molecule has 0 heterocycles. The van der Waals surface area contributed by atoms with Gasteiger partial charge in [0, 0.05) is 17.7 Å². The highest BCUT2D eigenvalue weighted by Crippen LogP contribution is 2.02. The van der Waals surface area contributed by atoms with Crippen LogP contribution in [-0.2, 0) is 9.24 Å². The summed E-state index contributed by atoms with van der Waals surface area (Å²) in [5.74, 6) is 0. The van der Waals surface area contributed by atoms with Crippen molar-refractivity contribution < 1.29 is 8.42 Å². The Hall–Kier alpha value is 0.490. The van der Waals surface area contributed by atoms with Gasteiger partial charge in [-0.1, -0.05) is 0 Å². The van der Waals surface area contributed by atoms with Gasteiger partial charge in [-0.25, -0.2) is 0 Å². The van der Waals surface area contributed by atoms with Crippen molar-refractivity contribution in [2.24, 2.45) is 0 Å². The number of hydrogen-bond donors (Lipinski definition) is 0. The molecule has 0 unspecified atom stereocenters. The van der Waals surface area contributed by atoms with Crippen molar-refractivity contribution >= 4 is 31.5 Å². The van der Waals surface area contributed by atoms with Crippen molar-refractivity contribution in [2.75, 3.05) is 13.1 Å². The first kappa shape index (κ1) is 8.49. The molecular formula is C2H5Cl2NO2S. The molecule has 8 heavy (non-hydrogen) atoms. The number of hydrogen-bond acceptors (Lipinski definition) is 2. The first-order valence-corrected chi connectivity index (χ1v) is 4.50. The second-order valence-electron chi connectivity index (χ2n) is 1.16. The van der Waals surface area contributed by atoms with Crippen molar-refractivity contribution in [3.05, 3.63) is 0 Å². The highest BCUT2D eigenvalue weighted by molar-refractivity contribution is 8.11. The van der Waals surface area contributed by atoms with Crippen LogP contribution in [0.4, 0.5) is 0 Å². The molecule has 0 amide bonds. The maximum Gasteiger partial charge on any atom is 0.300 e. The highest BCUT2D eigenvalue weighted by atomic mass is 35.7. The normalized spacial score (nSPS) is 12.5. The maximum atomic E-state index is 10.2. The van der Waals surface area contributed by atoms with Gasteiger partial charge in [0.05, 0.1) is 6.00 Å². The topological polar surface area (TPSA) is 37.4 Å². The van der Waals surface area contributed by atoms with Gasteiger partial charge in [-0.15, -0.1) is 11.6 Å². The Morgan fingerprint density at radius 3 is 2.00 bits per heavy atom. The van der Waals surface area contributed by atoms with Gasteiger partial charge in [0.2, 0.25) is 0 Å². The fourth-order valence-electron chi connectivity index (χ4n) is 0.0583. The summed E-state index contributed by atoms with van der Waals surface area (Å²) in [6, 6.07) is -0.119. The largest absolute Gasteiger partial charge is 0.300 e. The fourth-order valence-corrected chi connectivity index (χ4v) is 0.857. The zero-order chi connectivity index (χ0) is 6.78. The molecule has 0 aromatic heterocycles. The monoisotopic (exact) mass is 177 g/mol. The number of rotatable bonds is 2. The third-order valence-corrected chi connectivity index (χ3v) is 2.62. The summed E-state index contributed by atoms with van der Waals surface area (Å²) in [7, 11) is 2.51. The van der Waals surface area contributed by atoms with E-state index < -0.39 is 9.24 Å². The Labute approximate surface area is 57.7 Å². The lowest BCUT2D eigenvalue weighted by molar-refractivity contribution is 0.527. The van der Waals surface area contributed by atoms with Gasteiger partial charge in [0.15, 0.2) is 0 Å². The van der Waals surface area contributed by atoms with E-state index in [0.29, 0.717) is 0 Å². The predicted octanol–water partition coefficient (Wildman–Crippen LogP) is 0.598. The molecule has 3 nitrogen and oxygen atoms in total. The SMILES string of the molecule is CN(CCl)S(=O)(=O)Cl. The van der Waals surface area contributed by atoms with E-state index in [1.54, 1.807) is 0 Å². The van der Waals surface area contributed by atoms with Crippen LogP contribution in [0.25, 0.3) is 0 Å². The summed E-state index contributed by atoms with van der Waals surface area (Å²) in [4.78, 5) is 0. The van der Waals surface area contributed by atoms with Crippen LogP contribution in [0, 0.1) is 0 Å². The molecule has 0 rings (SSSR count). The minimum absolute atomic E-state index is 0.119. The van der Waals surface area contributed by atoms with Crippen LogP contribution in [0.1, 0.15) is 0 Å². The average molecular weight is 178 g/mol. The van der Waals surface area contributed by atoms with Gasteiger partial charge in [-0.3, -0.25) is 0 Å². The van der Waals surface area contributed by atoms with Crippen molar-refractivity contribution in [3.8, 4) is 0 Å². The minimum Gasteiger partial charge on any atom is -0.195 e. The smallest absolute Gasteiger partial charge is 0.195 e. The van der Waals surface area contributed by atoms with Gasteiger partial charge in [0.1, 0.15) is 0 Å². The van der Waals surface area contributed by atoms with E-state index in [0.717, 1.165) is 4.31 Å². The van der Waals surface area contributed by atoms with Gasteiger partial charge < -0.3 is 0 Å². The molecule has 0 bridgehead atoms. The zero-order valence-corrected chi connectivity index (χ0v) is 6.46. The molecule has 0 aromatic carbocycles. The summed E-state index contributed by atoms with van der Waals surface area (Å²) in [6.07, 6.45) is 0. The lowest BCUT2D eigenvalue weighted by atomic mass is 11.3. The predicted molar refractivity (Wildman–Crippen MR) is 33.3 cm³/mol. The first-order valence-electron chi connectivity index (χ1n) is 1.70. The molecule has 0 aliphatic heterocycles. The lowest BCUT2D eigenvalue weighted by Gasteiger charge is -2.04. The summed E-state index contributed by atoms with van der Waals surface area (Å²) in [6.45, 7) is 0. The molecule has 0 saturated heterocycles. The van der Waals surface area contributed by atoms with Crippen LogP contribution in [0.2, 0.25) is 0 Å². The second kappa shape index (κ2) is 2.87. The van der Waals surface area contributed by atoms with E-state index in [9.17, 15) is 8.42 Å². The Balaban J connectivity index is 4.04. The number of nitrogens with zero attached hydrogens (tertiary/aromatic N) is 1. The Morgan fingerprint density at radius 2 is 2.00 bits per heavy atom. The van der Waals surface area contributed by atoms with Crippen LogP contribution in [0.5, 0.6) is 0 Å². The third kappa shape index (κ3) is 2.71. The molecule has 0 aliphatic carbocycles. The second-order valence-corrected chi connectivity index (χ2v) is 4.02. The lowest BCUT2D eigenvalue weighted by Crippen LogP contribution is -2.19. The Kier molecular flexibility index (Phi) is 3.04. The zero-order valence-electron chi connectivity index (χ0n) is 4.13. The van der Waals surface area contributed by atoms with Gasteiger partial charge in [0.25, 0.3) is 0 Å². The molecule has 0 aromatic rings. The van der Waals surface area contributed by atoms with Crippen LogP contribution in [0.15, 0.2) is 0 Å². The molecule has 0 fully saturated rings. The Bertz CT molecular complexity index is 153. The molecule has 0 N–H and O–H groups in total. The van der Waals surface area contributed by atoms with Gasteiger partial charge in [-0.05, 0) is 0 Å². The molecule has 50 valence electrons. The summed E-state index contributed by atoms with van der Waals surface area (Å²) >= 11 is 5.10. The number of alkyl halides is 1. The molecule has 0 radical (unpaired) electrons. The van der Waals surface area contributed by atoms with Crippen LogP contribution >= 0.6 is 22.3 Å². The minimum atomic E-state index is -3.58. The van der Waals surface area contributed by atoms with Crippen molar-refractivity contribution in [1.82, 2.24) is 4.31 Å². The van der Waals surface area contributed by atoms with E-state index in [2.05, 4.69) is 0 Å². The van der Waals surface area contributed by atoms with E-state index in [1.807, 2.05) is 0 Å². The van der Waals surface area contributed by atoms with E-state index in [-0.39, 0.29) is 6.00 Å². The summed E-state index contributed by atoms with van der Waals surface area (Å²) in [5, 5.41) is 0. The van der Waals surface area contributed by atoms with Crippen molar-refractivity contribution in [2.45, 2.75) is 0 Å². The first-order chi connectivity index (χ1) is 3.48. The van der Waals surface area contributed by atoms with Crippen LogP contribution < -0.4 is 0 Å². The van der Waals surface area contributed by atoms with Gasteiger partial charge >= 0.3 is 9.24 Å². The molecule has 0 atom stereocenters. The Morgan fingerprint density at radius 1 is 1.62 bits per heavy atom. The van der Waals surface area contributed by atoms with E-state index in [4.69, 9.17) is 22.3 Å². The third-order valence-electron chi connectivity index (χ3n) is 0.541. The molecule has 0 spiro atoms.